The molecule has 0 aliphatic carbocycles. The van der Waals surface area contributed by atoms with Crippen LogP contribution < -0.4 is 10.1 Å². The Labute approximate surface area is 218 Å². The summed E-state index contributed by atoms with van der Waals surface area (Å²) in [4.78, 5) is 30.1. The minimum Gasteiger partial charge on any atom is -0.465 e. The van der Waals surface area contributed by atoms with Gasteiger partial charge in [0.15, 0.2) is 5.65 Å². The quantitative estimate of drug-likeness (QED) is 0.333. The Balaban J connectivity index is 1.59. The molecule has 15 heteroatoms. The summed E-state index contributed by atoms with van der Waals surface area (Å²) in [5, 5.41) is 31.5. The number of hydrogen-bond acceptors (Lipinski definition) is 7. The fraction of sp³-hybridized carbons (Fsp3) is 0.261. The van der Waals surface area contributed by atoms with Crippen LogP contribution in [0.15, 0.2) is 49.1 Å². The van der Waals surface area contributed by atoms with Crippen LogP contribution in [0.4, 0.5) is 19.3 Å². The number of hydrogen-bond donors (Lipinski definition) is 3. The Bertz CT molecular complexity index is 1510. The van der Waals surface area contributed by atoms with Gasteiger partial charge in [-0.1, -0.05) is 11.6 Å². The smallest absolute Gasteiger partial charge is 0.407 e. The molecular weight excluding hydrogens is 528 g/mol. The lowest BCUT2D eigenvalue weighted by Crippen LogP contribution is -2.46. The minimum atomic E-state index is -3.15. The Morgan fingerprint density at radius 1 is 1.29 bits per heavy atom. The summed E-state index contributed by atoms with van der Waals surface area (Å²) >= 11 is 6.14. The van der Waals surface area contributed by atoms with E-state index in [9.17, 15) is 28.6 Å². The highest BCUT2D eigenvalue weighted by atomic mass is 35.5. The van der Waals surface area contributed by atoms with E-state index in [1.165, 1.54) is 46.0 Å². The number of nitrogens with one attached hydrogen (secondary N) is 1. The maximum Gasteiger partial charge on any atom is 0.407 e. The first-order chi connectivity index (χ1) is 18.2. The number of aromatic nitrogens is 5. The fourth-order valence-corrected chi connectivity index (χ4v) is 4.44. The molecule has 0 unspecified atom stereocenters. The largest absolute Gasteiger partial charge is 0.465 e. The molecule has 3 aromatic heterocycles. The van der Waals surface area contributed by atoms with Gasteiger partial charge in [0.25, 0.3) is 5.91 Å². The highest BCUT2D eigenvalue weighted by Crippen LogP contribution is 2.38. The first kappa shape index (κ1) is 25.4. The first-order valence-electron chi connectivity index (χ1n) is 11.3. The summed E-state index contributed by atoms with van der Waals surface area (Å²) in [6.45, 7) is -3.10. The number of likely N-dealkylation sites (tertiary alicyclic amines) is 1. The molecule has 1 aliphatic rings. The van der Waals surface area contributed by atoms with E-state index in [1.807, 2.05) is 0 Å². The van der Waals surface area contributed by atoms with E-state index in [2.05, 4.69) is 25.2 Å². The monoisotopic (exact) mass is 547 g/mol. The second-order valence-corrected chi connectivity index (χ2v) is 8.88. The second kappa shape index (κ2) is 10.2. The van der Waals surface area contributed by atoms with Crippen molar-refractivity contribution in [3.63, 3.8) is 0 Å². The lowest BCUT2D eigenvalue weighted by Gasteiger charge is -2.34. The molecule has 3 N–H and O–H groups in total. The van der Waals surface area contributed by atoms with Crippen LogP contribution in [0, 0.1) is 0 Å². The Morgan fingerprint density at radius 2 is 2.11 bits per heavy atom. The van der Waals surface area contributed by atoms with Crippen molar-refractivity contribution in [2.24, 2.45) is 0 Å². The zero-order chi connectivity index (χ0) is 27.0. The number of rotatable bonds is 6. The molecule has 1 aliphatic heterocycles. The van der Waals surface area contributed by atoms with Gasteiger partial charge in [-0.2, -0.15) is 19.0 Å². The van der Waals surface area contributed by atoms with Crippen LogP contribution in [0.2, 0.25) is 5.02 Å². The molecule has 0 bridgehead atoms. The number of anilines is 1. The molecule has 2 amide bonds. The average molecular weight is 548 g/mol. The molecule has 38 heavy (non-hydrogen) atoms. The molecule has 0 radical (unpaired) electrons. The van der Waals surface area contributed by atoms with Gasteiger partial charge >= 0.3 is 12.7 Å². The van der Waals surface area contributed by atoms with Gasteiger partial charge < -0.3 is 25.2 Å². The predicted molar refractivity (Wildman–Crippen MR) is 130 cm³/mol. The van der Waals surface area contributed by atoms with Gasteiger partial charge in [0.2, 0.25) is 0 Å². The van der Waals surface area contributed by atoms with Crippen LogP contribution in [0.25, 0.3) is 16.9 Å². The Morgan fingerprint density at radius 3 is 2.87 bits per heavy atom. The molecule has 2 atom stereocenters. The molecule has 4 aromatic rings. The molecule has 12 nitrogen and oxygen atoms in total. The van der Waals surface area contributed by atoms with Gasteiger partial charge in [-0.15, -0.1) is 0 Å². The molecule has 198 valence electrons. The normalized spacial score (nSPS) is 17.7. The summed E-state index contributed by atoms with van der Waals surface area (Å²) in [7, 11) is 0. The number of amides is 2. The van der Waals surface area contributed by atoms with Crippen LogP contribution in [-0.2, 0) is 0 Å². The van der Waals surface area contributed by atoms with E-state index in [1.54, 1.807) is 12.3 Å². The van der Waals surface area contributed by atoms with Crippen molar-refractivity contribution < 1.29 is 33.3 Å². The van der Waals surface area contributed by atoms with Crippen molar-refractivity contribution in [1.29, 1.82) is 0 Å². The molecule has 0 saturated carbocycles. The van der Waals surface area contributed by atoms with Gasteiger partial charge in [-0.3, -0.25) is 9.48 Å². The van der Waals surface area contributed by atoms with E-state index >= 15 is 0 Å². The van der Waals surface area contributed by atoms with Crippen molar-refractivity contribution >= 4 is 34.9 Å². The van der Waals surface area contributed by atoms with Gasteiger partial charge in [-0.05, 0) is 30.7 Å². The molecule has 4 heterocycles. The molecule has 1 saturated heterocycles. The third kappa shape index (κ3) is 4.95. The van der Waals surface area contributed by atoms with Crippen molar-refractivity contribution in [2.45, 2.75) is 25.2 Å². The number of piperidine rings is 1. The van der Waals surface area contributed by atoms with Crippen LogP contribution in [0.1, 0.15) is 22.8 Å². The number of nitrogens with zero attached hydrogens (tertiary/aromatic N) is 6. The van der Waals surface area contributed by atoms with Crippen molar-refractivity contribution in [3.8, 4) is 17.0 Å². The van der Waals surface area contributed by atoms with E-state index in [-0.39, 0.29) is 58.4 Å². The summed E-state index contributed by atoms with van der Waals surface area (Å²) in [5.41, 5.74) is 0.551. The number of halogens is 3. The minimum absolute atomic E-state index is 0.0144. The lowest BCUT2D eigenvalue weighted by atomic mass is 10.0. The zero-order valence-electron chi connectivity index (χ0n) is 19.4. The van der Waals surface area contributed by atoms with E-state index in [0.29, 0.717) is 0 Å². The number of ether oxygens (including phenoxy) is 1. The second-order valence-electron chi connectivity index (χ2n) is 8.44. The first-order valence-corrected chi connectivity index (χ1v) is 11.7. The number of alkyl halides is 2. The summed E-state index contributed by atoms with van der Waals surface area (Å²) in [5.74, 6) is -0.867. The predicted octanol–water partition coefficient (Wildman–Crippen LogP) is 3.39. The Kier molecular flexibility index (Phi) is 6.82. The summed E-state index contributed by atoms with van der Waals surface area (Å²) < 4.78 is 33.7. The lowest BCUT2D eigenvalue weighted by molar-refractivity contribution is -0.0494. The van der Waals surface area contributed by atoms with Crippen LogP contribution >= 0.6 is 11.6 Å². The SMILES string of the molecule is O=C(Nc1cn([C@@H]2CN(C(=O)O)CC[C@H]2O)nc1-c1cc(Cl)ccc1OC(F)F)c1cnn2cccnc12. The van der Waals surface area contributed by atoms with Crippen molar-refractivity contribution in [3.05, 3.63) is 59.6 Å². The molecule has 1 fully saturated rings. The maximum atomic E-state index is 13.2. The Hall–Kier alpha value is -4.30. The number of aliphatic hydroxyl groups is 1. The summed E-state index contributed by atoms with van der Waals surface area (Å²) in [6, 6.07) is 4.77. The maximum absolute atomic E-state index is 13.2. The van der Waals surface area contributed by atoms with E-state index < -0.39 is 30.8 Å². The molecule has 5 rings (SSSR count). The van der Waals surface area contributed by atoms with Crippen LogP contribution in [-0.4, -0.2) is 77.3 Å². The topological polar surface area (TPSA) is 147 Å². The molecule has 0 spiro atoms. The van der Waals surface area contributed by atoms with Gasteiger partial charge in [0, 0.05) is 42.3 Å². The van der Waals surface area contributed by atoms with Crippen molar-refractivity contribution in [2.75, 3.05) is 18.4 Å². The van der Waals surface area contributed by atoms with Crippen LogP contribution in [0.5, 0.6) is 5.75 Å². The summed E-state index contributed by atoms with van der Waals surface area (Å²) in [6.07, 6.45) is 3.85. The number of carbonyl (C=O) groups is 2. The van der Waals surface area contributed by atoms with E-state index in [4.69, 9.17) is 11.6 Å². The average Bonchev–Trinajstić information content (AvgIpc) is 3.49. The number of carboxylic acid groups (broad SMARTS) is 1. The fourth-order valence-electron chi connectivity index (χ4n) is 4.27. The third-order valence-corrected chi connectivity index (χ3v) is 6.31. The number of benzene rings is 1. The van der Waals surface area contributed by atoms with Gasteiger partial charge in [0.05, 0.1) is 24.0 Å². The highest BCUT2D eigenvalue weighted by molar-refractivity contribution is 6.31. The number of fused-ring (bicyclic) bond motifs is 1. The van der Waals surface area contributed by atoms with Crippen molar-refractivity contribution in [1.82, 2.24) is 29.3 Å². The van der Waals surface area contributed by atoms with Gasteiger partial charge in [0.1, 0.15) is 17.0 Å². The zero-order valence-corrected chi connectivity index (χ0v) is 20.2. The highest BCUT2D eigenvalue weighted by Gasteiger charge is 2.33. The van der Waals surface area contributed by atoms with Crippen LogP contribution in [0.3, 0.4) is 0 Å². The molecular formula is C23H20ClF2N7O5. The standard InChI is InChI=1S/C23H20ClF2N7O5/c24-12-2-3-18(38-22(25)26)13(8-12)19-15(29-21(35)14-9-28-32-6-1-5-27-20(14)32)10-33(30-19)16-11-31(23(36)37)7-4-17(16)34/h1-3,5-6,8-10,16-17,22,34H,4,7,11H2,(H,29,35)(H,36,37)/t16-,17-/m1/s1. The van der Waals surface area contributed by atoms with Gasteiger partial charge in [-0.25, -0.2) is 14.3 Å². The molecule has 1 aromatic carbocycles. The number of aliphatic hydroxyl groups excluding tert-OH is 1. The third-order valence-electron chi connectivity index (χ3n) is 6.07. The van der Waals surface area contributed by atoms with E-state index in [0.717, 1.165) is 4.90 Å². The number of carbonyl (C=O) groups excluding carboxylic acids is 1.